The molecular weight excluding hydrogens is 408 g/mol. The van der Waals surface area contributed by atoms with E-state index >= 15 is 0 Å². The number of carbonyl (C=O) groups is 2. The summed E-state index contributed by atoms with van der Waals surface area (Å²) in [6.45, 7) is 1.95. The van der Waals surface area contributed by atoms with Crippen LogP contribution in [-0.2, 0) is 19.6 Å². The highest BCUT2D eigenvalue weighted by Gasteiger charge is 2.18. The molecule has 0 aliphatic carbocycles. The molecule has 0 spiro atoms. The molecule has 30 heavy (non-hydrogen) atoms. The zero-order chi connectivity index (χ0) is 22.3. The summed E-state index contributed by atoms with van der Waals surface area (Å²) in [4.78, 5) is 24.0. The Kier molecular flexibility index (Phi) is 7.82. The second-order valence-corrected chi connectivity index (χ2v) is 8.62. The predicted molar refractivity (Wildman–Crippen MR) is 116 cm³/mol. The molecule has 0 aromatic heterocycles. The maximum absolute atomic E-state index is 12.4. The van der Waals surface area contributed by atoms with E-state index in [0.29, 0.717) is 29.1 Å². The molecule has 0 unspecified atom stereocenters. The third kappa shape index (κ3) is 6.21. The van der Waals surface area contributed by atoms with Crippen molar-refractivity contribution in [1.29, 1.82) is 0 Å². The van der Waals surface area contributed by atoms with Gasteiger partial charge in [-0.2, -0.15) is 0 Å². The number of aryl methyl sites for hydroxylation is 1. The van der Waals surface area contributed by atoms with E-state index in [4.69, 9.17) is 9.47 Å². The number of hydrogen-bond donors (Lipinski definition) is 1. The van der Waals surface area contributed by atoms with Gasteiger partial charge in [-0.3, -0.25) is 9.10 Å². The highest BCUT2D eigenvalue weighted by atomic mass is 32.2. The van der Waals surface area contributed by atoms with Gasteiger partial charge in [0.05, 0.1) is 31.7 Å². The molecule has 0 aliphatic rings. The van der Waals surface area contributed by atoms with E-state index in [2.05, 4.69) is 5.32 Å². The Morgan fingerprint density at radius 1 is 1.10 bits per heavy atom. The number of amides is 1. The second kappa shape index (κ2) is 10.1. The number of nitrogens with one attached hydrogen (secondary N) is 1. The fraction of sp³-hybridized carbons (Fsp3) is 0.333. The fourth-order valence-electron chi connectivity index (χ4n) is 2.85. The van der Waals surface area contributed by atoms with Gasteiger partial charge in [0.15, 0.2) is 0 Å². The normalized spacial score (nSPS) is 10.9. The monoisotopic (exact) mass is 434 g/mol. The van der Waals surface area contributed by atoms with Crippen LogP contribution in [0.25, 0.3) is 0 Å². The Bertz CT molecular complexity index is 1020. The summed E-state index contributed by atoms with van der Waals surface area (Å²) in [5.74, 6) is -0.230. The van der Waals surface area contributed by atoms with Gasteiger partial charge in [-0.05, 0) is 43.2 Å². The number of sulfonamides is 1. The molecule has 0 aliphatic heterocycles. The van der Waals surface area contributed by atoms with Gasteiger partial charge < -0.3 is 14.8 Å². The third-order valence-corrected chi connectivity index (χ3v) is 5.63. The summed E-state index contributed by atoms with van der Waals surface area (Å²) < 4.78 is 35.5. The van der Waals surface area contributed by atoms with Gasteiger partial charge in [0.1, 0.15) is 5.75 Å². The van der Waals surface area contributed by atoms with E-state index in [1.54, 1.807) is 42.5 Å². The molecule has 1 N–H and O–H groups in total. The molecule has 0 atom stereocenters. The summed E-state index contributed by atoms with van der Waals surface area (Å²) in [5, 5.41) is 2.77. The van der Waals surface area contributed by atoms with E-state index in [9.17, 15) is 18.0 Å². The molecule has 9 heteroatoms. The van der Waals surface area contributed by atoms with Gasteiger partial charge in [0.25, 0.3) is 0 Å². The Morgan fingerprint density at radius 2 is 1.83 bits per heavy atom. The topological polar surface area (TPSA) is 102 Å². The standard InChI is InChI=1S/C21H26N2O6S/c1-15-10-11-16(21(25)29-3)13-19(15)22-20(24)9-6-12-23(30(4,26)27)17-7-5-8-18(14-17)28-2/h5,7-8,10-11,13-14H,6,9,12H2,1-4H3,(H,22,24). The molecule has 0 fully saturated rings. The van der Waals surface area contributed by atoms with Crippen LogP contribution in [0.3, 0.4) is 0 Å². The predicted octanol–water partition coefficient (Wildman–Crippen LogP) is 2.98. The summed E-state index contributed by atoms with van der Waals surface area (Å²) in [7, 11) is -0.737. The Morgan fingerprint density at radius 3 is 2.47 bits per heavy atom. The number of methoxy groups -OCH3 is 2. The lowest BCUT2D eigenvalue weighted by atomic mass is 10.1. The number of benzene rings is 2. The van der Waals surface area contributed by atoms with Crippen LogP contribution in [0.15, 0.2) is 42.5 Å². The van der Waals surface area contributed by atoms with Crippen molar-refractivity contribution in [3.05, 3.63) is 53.6 Å². The second-order valence-electron chi connectivity index (χ2n) is 6.71. The number of rotatable bonds is 9. The zero-order valence-electron chi connectivity index (χ0n) is 17.5. The summed E-state index contributed by atoms with van der Waals surface area (Å²) in [6.07, 6.45) is 1.54. The summed E-state index contributed by atoms with van der Waals surface area (Å²) >= 11 is 0. The zero-order valence-corrected chi connectivity index (χ0v) is 18.3. The van der Waals surface area contributed by atoms with Crippen LogP contribution in [0.1, 0.15) is 28.8 Å². The molecule has 0 saturated heterocycles. The van der Waals surface area contributed by atoms with Gasteiger partial charge in [-0.25, -0.2) is 13.2 Å². The van der Waals surface area contributed by atoms with Crippen LogP contribution in [0, 0.1) is 6.92 Å². The van der Waals surface area contributed by atoms with Crippen molar-refractivity contribution < 1.29 is 27.5 Å². The first-order chi connectivity index (χ1) is 14.2. The fourth-order valence-corrected chi connectivity index (χ4v) is 3.81. The van der Waals surface area contributed by atoms with Gasteiger partial charge >= 0.3 is 5.97 Å². The molecule has 0 bridgehead atoms. The number of nitrogens with zero attached hydrogens (tertiary/aromatic N) is 1. The first-order valence-electron chi connectivity index (χ1n) is 9.26. The number of carbonyl (C=O) groups excluding carboxylic acids is 2. The van der Waals surface area contributed by atoms with Gasteiger partial charge in [0.2, 0.25) is 15.9 Å². The largest absolute Gasteiger partial charge is 0.497 e. The number of ether oxygens (including phenoxy) is 2. The summed E-state index contributed by atoms with van der Waals surface area (Å²) in [6, 6.07) is 11.6. The lowest BCUT2D eigenvalue weighted by Crippen LogP contribution is -2.31. The molecule has 2 aromatic rings. The minimum absolute atomic E-state index is 0.109. The number of anilines is 2. The summed E-state index contributed by atoms with van der Waals surface area (Å²) in [5.41, 5.74) is 2.11. The molecule has 2 aromatic carbocycles. The number of esters is 1. The maximum Gasteiger partial charge on any atom is 0.337 e. The van der Waals surface area contributed by atoms with E-state index in [1.165, 1.54) is 18.5 Å². The van der Waals surface area contributed by atoms with Crippen molar-refractivity contribution in [3.8, 4) is 5.75 Å². The first kappa shape index (κ1) is 23.2. The van der Waals surface area contributed by atoms with Crippen molar-refractivity contribution in [1.82, 2.24) is 0 Å². The lowest BCUT2D eigenvalue weighted by Gasteiger charge is -2.22. The molecule has 1 amide bonds. The Hall–Kier alpha value is -3.07. The van der Waals surface area contributed by atoms with Crippen LogP contribution in [0.5, 0.6) is 5.75 Å². The smallest absolute Gasteiger partial charge is 0.337 e. The highest BCUT2D eigenvalue weighted by molar-refractivity contribution is 7.92. The average molecular weight is 435 g/mol. The van der Waals surface area contributed by atoms with E-state index in [-0.39, 0.29) is 18.9 Å². The van der Waals surface area contributed by atoms with Gasteiger partial charge in [0, 0.05) is 24.7 Å². The number of hydrogen-bond acceptors (Lipinski definition) is 6. The van der Waals surface area contributed by atoms with E-state index in [1.807, 2.05) is 6.92 Å². The van der Waals surface area contributed by atoms with Crippen molar-refractivity contribution in [3.63, 3.8) is 0 Å². The highest BCUT2D eigenvalue weighted by Crippen LogP contribution is 2.24. The van der Waals surface area contributed by atoms with Crippen molar-refractivity contribution in [2.45, 2.75) is 19.8 Å². The van der Waals surface area contributed by atoms with Crippen LogP contribution in [0.4, 0.5) is 11.4 Å². The third-order valence-electron chi connectivity index (χ3n) is 4.44. The minimum Gasteiger partial charge on any atom is -0.497 e. The molecular formula is C21H26N2O6S. The minimum atomic E-state index is -3.53. The van der Waals surface area contributed by atoms with E-state index in [0.717, 1.165) is 11.8 Å². The molecule has 2 rings (SSSR count). The first-order valence-corrected chi connectivity index (χ1v) is 11.1. The molecule has 8 nitrogen and oxygen atoms in total. The van der Waals surface area contributed by atoms with Crippen LogP contribution < -0.4 is 14.4 Å². The Balaban J connectivity index is 2.03. The molecule has 0 saturated carbocycles. The van der Waals surface area contributed by atoms with Crippen molar-refractivity contribution in [2.24, 2.45) is 0 Å². The van der Waals surface area contributed by atoms with Crippen molar-refractivity contribution in [2.75, 3.05) is 36.6 Å². The SMILES string of the molecule is COC(=O)c1ccc(C)c(NC(=O)CCCN(c2cccc(OC)c2)S(C)(=O)=O)c1. The molecule has 0 radical (unpaired) electrons. The van der Waals surface area contributed by atoms with Crippen LogP contribution >= 0.6 is 0 Å². The van der Waals surface area contributed by atoms with E-state index < -0.39 is 16.0 Å². The van der Waals surface area contributed by atoms with Gasteiger partial charge in [-0.15, -0.1) is 0 Å². The maximum atomic E-state index is 12.4. The quantitative estimate of drug-likeness (QED) is 0.609. The lowest BCUT2D eigenvalue weighted by molar-refractivity contribution is -0.116. The van der Waals surface area contributed by atoms with Gasteiger partial charge in [-0.1, -0.05) is 12.1 Å². The molecule has 162 valence electrons. The van der Waals surface area contributed by atoms with Crippen LogP contribution in [0.2, 0.25) is 0 Å². The molecule has 0 heterocycles. The van der Waals surface area contributed by atoms with Crippen LogP contribution in [-0.4, -0.2) is 47.3 Å². The Labute approximate surface area is 176 Å². The van der Waals surface area contributed by atoms with Crippen molar-refractivity contribution >= 4 is 33.3 Å². The average Bonchev–Trinajstić information content (AvgIpc) is 2.71.